The fraction of sp³-hybridized carbons (Fsp3) is 0.727. The van der Waals surface area contributed by atoms with Crippen LogP contribution in [-0.4, -0.2) is 40.1 Å². The van der Waals surface area contributed by atoms with E-state index in [1.165, 1.54) is 0 Å². The van der Waals surface area contributed by atoms with Crippen LogP contribution in [0.25, 0.3) is 0 Å². The predicted molar refractivity (Wildman–Crippen MR) is 69.5 cm³/mol. The molecule has 0 radical (unpaired) electrons. The summed E-state index contributed by atoms with van der Waals surface area (Å²) in [6.45, 7) is 1.19. The summed E-state index contributed by atoms with van der Waals surface area (Å²) < 4.78 is 6.78. The Bertz CT molecular complexity index is 366. The molecule has 96 valence electrons. The van der Waals surface area contributed by atoms with Crippen LogP contribution in [0.3, 0.4) is 0 Å². The molecule has 2 atom stereocenters. The Morgan fingerprint density at radius 2 is 2.59 bits per heavy atom. The Labute approximate surface area is 110 Å². The van der Waals surface area contributed by atoms with Gasteiger partial charge >= 0.3 is 0 Å². The first-order valence-electron chi connectivity index (χ1n) is 5.70. The van der Waals surface area contributed by atoms with Crippen LogP contribution in [0.2, 0.25) is 5.02 Å². The molecule has 0 aliphatic carbocycles. The highest BCUT2D eigenvalue weighted by molar-refractivity contribution is 7.99. The average molecular weight is 277 g/mol. The molecule has 0 amide bonds. The summed E-state index contributed by atoms with van der Waals surface area (Å²) in [6, 6.07) is 0. The Kier molecular flexibility index (Phi) is 4.73. The fourth-order valence-electron chi connectivity index (χ4n) is 2.05. The molecule has 4 nitrogen and oxygen atoms in total. The lowest BCUT2D eigenvalue weighted by Gasteiger charge is -2.19. The maximum atomic E-state index is 10.4. The molecule has 1 aromatic heterocycles. The monoisotopic (exact) mass is 276 g/mol. The van der Waals surface area contributed by atoms with Crippen LogP contribution in [-0.2, 0) is 11.3 Å². The van der Waals surface area contributed by atoms with Gasteiger partial charge in [-0.05, 0) is 17.9 Å². The highest BCUT2D eigenvalue weighted by Gasteiger charge is 2.29. The summed E-state index contributed by atoms with van der Waals surface area (Å²) in [5.74, 6) is 2.40. The van der Waals surface area contributed by atoms with Crippen molar-refractivity contribution in [2.75, 3.05) is 25.2 Å². The van der Waals surface area contributed by atoms with E-state index in [1.54, 1.807) is 18.0 Å². The summed E-state index contributed by atoms with van der Waals surface area (Å²) in [6.07, 6.45) is 2.12. The Balaban J connectivity index is 2.14. The normalized spacial score (nSPS) is 21.9. The molecule has 17 heavy (non-hydrogen) atoms. The number of aromatic nitrogens is 2. The summed E-state index contributed by atoms with van der Waals surface area (Å²) in [5.41, 5.74) is 0.733. The number of methoxy groups -OCH3 is 1. The molecular formula is C11H17ClN2O2S. The van der Waals surface area contributed by atoms with Gasteiger partial charge in [0.1, 0.15) is 6.10 Å². The van der Waals surface area contributed by atoms with E-state index >= 15 is 0 Å². The van der Waals surface area contributed by atoms with Crippen molar-refractivity contribution in [3.63, 3.8) is 0 Å². The molecule has 6 heteroatoms. The number of hydrogen-bond donors (Lipinski definition) is 1. The zero-order valence-corrected chi connectivity index (χ0v) is 11.4. The Morgan fingerprint density at radius 1 is 1.76 bits per heavy atom. The minimum Gasteiger partial charge on any atom is -0.386 e. The van der Waals surface area contributed by atoms with Crippen LogP contribution in [0, 0.1) is 5.92 Å². The number of aliphatic hydroxyl groups is 1. The molecule has 1 fully saturated rings. The lowest BCUT2D eigenvalue weighted by molar-refractivity contribution is 0.107. The standard InChI is InChI=1S/C11H17ClN2O2S/c1-16-4-3-14-10(9(12)6-13-14)11(15)8-2-5-17-7-8/h6,8,11,15H,2-5,7H2,1H3. The molecule has 2 rings (SSSR count). The third-order valence-corrected chi connectivity index (χ3v) is 4.51. The van der Waals surface area contributed by atoms with E-state index in [4.69, 9.17) is 16.3 Å². The third-order valence-electron chi connectivity index (χ3n) is 3.03. The molecule has 0 saturated carbocycles. The van der Waals surface area contributed by atoms with Gasteiger partial charge in [-0.15, -0.1) is 0 Å². The average Bonchev–Trinajstić information content (AvgIpc) is 2.95. The molecule has 1 aromatic rings. The number of rotatable bonds is 5. The molecular weight excluding hydrogens is 260 g/mol. The van der Waals surface area contributed by atoms with Crippen LogP contribution in [0.15, 0.2) is 6.20 Å². The number of nitrogens with zero attached hydrogens (tertiary/aromatic N) is 2. The highest BCUT2D eigenvalue weighted by atomic mass is 35.5. The smallest absolute Gasteiger partial charge is 0.101 e. The maximum Gasteiger partial charge on any atom is 0.101 e. The first kappa shape index (κ1) is 13.2. The molecule has 1 aliphatic heterocycles. The van der Waals surface area contributed by atoms with Crippen LogP contribution < -0.4 is 0 Å². The minimum atomic E-state index is -0.517. The van der Waals surface area contributed by atoms with Gasteiger partial charge in [0.2, 0.25) is 0 Å². The molecule has 0 aromatic carbocycles. The predicted octanol–water partition coefficient (Wildman–Crippen LogP) is 1.97. The maximum absolute atomic E-state index is 10.4. The first-order chi connectivity index (χ1) is 8.24. The van der Waals surface area contributed by atoms with Crippen LogP contribution in [0.5, 0.6) is 0 Å². The fourth-order valence-corrected chi connectivity index (χ4v) is 3.59. The van der Waals surface area contributed by atoms with Gasteiger partial charge in [-0.1, -0.05) is 11.6 Å². The lowest BCUT2D eigenvalue weighted by atomic mass is 9.99. The quantitative estimate of drug-likeness (QED) is 0.893. The number of aliphatic hydroxyl groups excluding tert-OH is 1. The minimum absolute atomic E-state index is 0.287. The second-order valence-electron chi connectivity index (χ2n) is 4.16. The van der Waals surface area contributed by atoms with Crippen LogP contribution in [0.4, 0.5) is 0 Å². The molecule has 0 spiro atoms. The van der Waals surface area contributed by atoms with E-state index in [-0.39, 0.29) is 5.92 Å². The highest BCUT2D eigenvalue weighted by Crippen LogP contribution is 2.36. The Hall–Kier alpha value is -0.230. The third kappa shape index (κ3) is 2.96. The largest absolute Gasteiger partial charge is 0.386 e. The van der Waals surface area contributed by atoms with E-state index in [9.17, 15) is 5.11 Å². The first-order valence-corrected chi connectivity index (χ1v) is 7.23. The number of thioether (sulfide) groups is 1. The van der Waals surface area contributed by atoms with Gasteiger partial charge in [0.05, 0.1) is 30.1 Å². The van der Waals surface area contributed by atoms with Gasteiger partial charge in [0.25, 0.3) is 0 Å². The number of hydrogen-bond acceptors (Lipinski definition) is 4. The van der Waals surface area contributed by atoms with Crippen molar-refractivity contribution in [1.82, 2.24) is 9.78 Å². The van der Waals surface area contributed by atoms with Crippen molar-refractivity contribution >= 4 is 23.4 Å². The van der Waals surface area contributed by atoms with Crippen molar-refractivity contribution in [3.05, 3.63) is 16.9 Å². The van der Waals surface area contributed by atoms with Crippen LogP contribution >= 0.6 is 23.4 Å². The summed E-state index contributed by atoms with van der Waals surface area (Å²) >= 11 is 7.99. The van der Waals surface area contributed by atoms with E-state index in [1.807, 2.05) is 11.8 Å². The second kappa shape index (κ2) is 6.09. The van der Waals surface area contributed by atoms with Gasteiger partial charge in [-0.25, -0.2) is 0 Å². The number of ether oxygens (including phenoxy) is 1. The van der Waals surface area contributed by atoms with Crippen molar-refractivity contribution < 1.29 is 9.84 Å². The molecule has 2 heterocycles. The van der Waals surface area contributed by atoms with Gasteiger partial charge in [-0.3, -0.25) is 4.68 Å². The zero-order valence-electron chi connectivity index (χ0n) is 9.80. The van der Waals surface area contributed by atoms with E-state index < -0.39 is 6.10 Å². The van der Waals surface area contributed by atoms with Gasteiger partial charge in [0, 0.05) is 13.0 Å². The topological polar surface area (TPSA) is 47.3 Å². The van der Waals surface area contributed by atoms with Gasteiger partial charge in [-0.2, -0.15) is 16.9 Å². The van der Waals surface area contributed by atoms with Crippen molar-refractivity contribution in [1.29, 1.82) is 0 Å². The summed E-state index contributed by atoms with van der Waals surface area (Å²) in [5, 5.41) is 15.1. The van der Waals surface area contributed by atoms with Crippen molar-refractivity contribution in [3.8, 4) is 0 Å². The van der Waals surface area contributed by atoms with E-state index in [2.05, 4.69) is 5.10 Å². The van der Waals surface area contributed by atoms with Crippen molar-refractivity contribution in [2.45, 2.75) is 19.1 Å². The molecule has 1 saturated heterocycles. The summed E-state index contributed by atoms with van der Waals surface area (Å²) in [7, 11) is 1.65. The second-order valence-corrected chi connectivity index (χ2v) is 5.72. The summed E-state index contributed by atoms with van der Waals surface area (Å²) in [4.78, 5) is 0. The number of halogens is 1. The SMILES string of the molecule is COCCn1ncc(Cl)c1C(O)C1CCSC1. The van der Waals surface area contributed by atoms with Crippen molar-refractivity contribution in [2.24, 2.45) is 5.92 Å². The van der Waals surface area contributed by atoms with Crippen LogP contribution in [0.1, 0.15) is 18.2 Å². The van der Waals surface area contributed by atoms with E-state index in [0.29, 0.717) is 18.2 Å². The van der Waals surface area contributed by atoms with Gasteiger partial charge < -0.3 is 9.84 Å². The zero-order chi connectivity index (χ0) is 12.3. The molecule has 1 N–H and O–H groups in total. The lowest BCUT2D eigenvalue weighted by Crippen LogP contribution is -2.18. The van der Waals surface area contributed by atoms with Gasteiger partial charge in [0.15, 0.2) is 0 Å². The van der Waals surface area contributed by atoms with E-state index in [0.717, 1.165) is 23.6 Å². The Morgan fingerprint density at radius 3 is 3.24 bits per heavy atom. The molecule has 1 aliphatic rings. The molecule has 2 unspecified atom stereocenters. The molecule has 0 bridgehead atoms.